The third-order valence-corrected chi connectivity index (χ3v) is 8.07. The molecule has 1 aliphatic rings. The molecule has 0 saturated heterocycles. The van der Waals surface area contributed by atoms with Gasteiger partial charge in [-0.2, -0.15) is 23.1 Å². The first-order chi connectivity index (χ1) is 19.8. The zero-order valence-corrected chi connectivity index (χ0v) is 25.0. The summed E-state index contributed by atoms with van der Waals surface area (Å²) in [4.78, 5) is 17.8. The normalized spacial score (nSPS) is 13.2. The Kier molecular flexibility index (Phi) is 11.1. The maximum Gasteiger partial charge on any atom is 0.316 e. The van der Waals surface area contributed by atoms with Crippen molar-refractivity contribution in [3.63, 3.8) is 0 Å². The van der Waals surface area contributed by atoms with Crippen molar-refractivity contribution in [2.24, 2.45) is 0 Å². The lowest BCUT2D eigenvalue weighted by atomic mass is 10.1. The average Bonchev–Trinajstić information content (AvgIpc) is 3.66. The number of ether oxygens (including phenoxy) is 3. The van der Waals surface area contributed by atoms with Crippen LogP contribution in [0.2, 0.25) is 5.02 Å². The molecule has 3 aromatic heterocycles. The van der Waals surface area contributed by atoms with E-state index in [4.69, 9.17) is 25.8 Å². The molecule has 41 heavy (non-hydrogen) atoms. The second-order valence-electron chi connectivity index (χ2n) is 8.94. The van der Waals surface area contributed by atoms with Crippen molar-refractivity contribution in [1.82, 2.24) is 24.7 Å². The molecule has 0 amide bonds. The highest BCUT2D eigenvalue weighted by Crippen LogP contribution is 2.35. The molecule has 1 aliphatic carbocycles. The number of nitrogens with one attached hydrogen (secondary N) is 2. The van der Waals surface area contributed by atoms with E-state index in [2.05, 4.69) is 53.8 Å². The van der Waals surface area contributed by atoms with Crippen LogP contribution >= 0.6 is 22.9 Å². The number of halogens is 1. The summed E-state index contributed by atoms with van der Waals surface area (Å²) in [7, 11) is -2.34. The molecular weight excluding hydrogens is 588 g/mol. The minimum Gasteiger partial charge on any atom is -0.494 e. The molecule has 1 fully saturated rings. The van der Waals surface area contributed by atoms with Crippen LogP contribution in [0.4, 0.5) is 5.82 Å². The summed E-state index contributed by atoms with van der Waals surface area (Å²) >= 11 is 7.82. The molecule has 0 unspecified atom stereocenters. The van der Waals surface area contributed by atoms with E-state index >= 15 is 0 Å². The van der Waals surface area contributed by atoms with Crippen LogP contribution in [0.25, 0.3) is 11.1 Å². The summed E-state index contributed by atoms with van der Waals surface area (Å²) in [6, 6.07) is 11.1. The molecule has 1 saturated carbocycles. The summed E-state index contributed by atoms with van der Waals surface area (Å²) < 4.78 is 47.1. The number of thiophene rings is 1. The Morgan fingerprint density at radius 1 is 1.00 bits per heavy atom. The lowest BCUT2D eigenvalue weighted by Gasteiger charge is -2.17. The average molecular weight is 619 g/mol. The van der Waals surface area contributed by atoms with Gasteiger partial charge in [-0.1, -0.05) is 42.6 Å². The predicted molar refractivity (Wildman–Crippen MR) is 159 cm³/mol. The molecule has 1 aromatic carbocycles. The number of hydrogen-bond acceptors (Lipinski definition) is 10. The van der Waals surface area contributed by atoms with Crippen molar-refractivity contribution in [3.8, 4) is 28.8 Å². The lowest BCUT2D eigenvalue weighted by Crippen LogP contribution is -2.37. The van der Waals surface area contributed by atoms with Crippen molar-refractivity contribution in [1.29, 1.82) is 0 Å². The van der Waals surface area contributed by atoms with Crippen molar-refractivity contribution in [3.05, 3.63) is 70.4 Å². The molecule has 0 spiro atoms. The summed E-state index contributed by atoms with van der Waals surface area (Å²) in [5, 5.41) is 2.61. The van der Waals surface area contributed by atoms with Gasteiger partial charge in [0.15, 0.2) is 11.6 Å². The van der Waals surface area contributed by atoms with Crippen molar-refractivity contribution < 1.29 is 22.6 Å². The Morgan fingerprint density at radius 3 is 2.32 bits per heavy atom. The Morgan fingerprint density at radius 2 is 1.71 bits per heavy atom. The molecule has 5 rings (SSSR count). The number of benzene rings is 1. The molecule has 14 heteroatoms. The Labute approximate surface area is 248 Å². The van der Waals surface area contributed by atoms with Gasteiger partial charge >= 0.3 is 16.2 Å². The van der Waals surface area contributed by atoms with E-state index in [0.717, 1.165) is 25.7 Å². The van der Waals surface area contributed by atoms with E-state index in [0.29, 0.717) is 21.9 Å². The van der Waals surface area contributed by atoms with Gasteiger partial charge in [-0.15, -0.1) is 11.3 Å². The molecule has 218 valence electrons. The van der Waals surface area contributed by atoms with E-state index in [1.165, 1.54) is 30.7 Å². The molecule has 0 atom stereocenters. The van der Waals surface area contributed by atoms with Gasteiger partial charge < -0.3 is 14.2 Å². The summed E-state index contributed by atoms with van der Waals surface area (Å²) in [6.45, 7) is 2.32. The van der Waals surface area contributed by atoms with Crippen LogP contribution in [0.3, 0.4) is 0 Å². The van der Waals surface area contributed by atoms with Crippen LogP contribution < -0.4 is 23.7 Å². The molecule has 0 bridgehead atoms. The van der Waals surface area contributed by atoms with Crippen LogP contribution in [-0.2, 0) is 10.2 Å². The zero-order chi connectivity index (χ0) is 29.1. The third-order valence-electron chi connectivity index (χ3n) is 5.91. The van der Waals surface area contributed by atoms with Gasteiger partial charge in [0.05, 0.1) is 25.1 Å². The summed E-state index contributed by atoms with van der Waals surface area (Å²) in [5.74, 6) is 0.780. The number of aryl methyl sites for hydroxylation is 1. The molecule has 4 aromatic rings. The highest BCUT2D eigenvalue weighted by molar-refractivity contribution is 7.90. The van der Waals surface area contributed by atoms with Gasteiger partial charge in [-0.25, -0.2) is 9.97 Å². The monoisotopic (exact) mass is 618 g/mol. The van der Waals surface area contributed by atoms with E-state index < -0.39 is 10.2 Å². The quantitative estimate of drug-likeness (QED) is 0.214. The van der Waals surface area contributed by atoms with E-state index in [1.807, 2.05) is 0 Å². The Hall–Kier alpha value is -3.52. The van der Waals surface area contributed by atoms with Gasteiger partial charge in [0, 0.05) is 15.9 Å². The van der Waals surface area contributed by atoms with Crippen LogP contribution in [0.15, 0.2) is 60.5 Å². The van der Waals surface area contributed by atoms with Crippen LogP contribution in [0.1, 0.15) is 30.6 Å². The smallest absolute Gasteiger partial charge is 0.316 e. The van der Waals surface area contributed by atoms with Crippen molar-refractivity contribution >= 4 is 39.0 Å². The van der Waals surface area contributed by atoms with Gasteiger partial charge in [0.25, 0.3) is 0 Å². The van der Waals surface area contributed by atoms with E-state index in [9.17, 15) is 8.42 Å². The van der Waals surface area contributed by atoms with Gasteiger partial charge in [-0.05, 0) is 48.9 Å². The standard InChI is InChI=1S/C22H25ClN6O5S.C5H6S/c1-32-18-12-24-22(25-13-18)34-11-10-33-21-19(15-6-8-16(23)9-7-15)20(26-14-27-21)29-35(30,31)28-17-4-2-3-5-17;1-5-3-2-4-6-5/h6-9,12-14,17,28H,2-5,10-11H2,1H3,(H,26,27,29);2-4H,1H3. The fourth-order valence-corrected chi connectivity index (χ4v) is 5.77. The number of rotatable bonds is 11. The molecule has 11 nitrogen and oxygen atoms in total. The van der Waals surface area contributed by atoms with Crippen molar-refractivity contribution in [2.75, 3.05) is 25.0 Å². The highest BCUT2D eigenvalue weighted by Gasteiger charge is 2.24. The van der Waals surface area contributed by atoms with Crippen LogP contribution in [-0.4, -0.2) is 54.7 Å². The van der Waals surface area contributed by atoms with Gasteiger partial charge in [0.2, 0.25) is 5.88 Å². The molecule has 0 aliphatic heterocycles. The minimum atomic E-state index is -3.86. The first kappa shape index (κ1) is 30.4. The fourth-order valence-electron chi connectivity index (χ4n) is 3.97. The van der Waals surface area contributed by atoms with Gasteiger partial charge in [-0.3, -0.25) is 4.72 Å². The van der Waals surface area contributed by atoms with Crippen LogP contribution in [0, 0.1) is 6.92 Å². The maximum atomic E-state index is 12.8. The third kappa shape index (κ3) is 9.52. The SMILES string of the molecule is COc1cnc(OCCOc2ncnc(NS(=O)(=O)NC3CCCC3)c2-c2ccc(Cl)cc2)nc1.Cc1cccs1. The number of aromatic nitrogens is 4. The highest BCUT2D eigenvalue weighted by atomic mass is 35.5. The summed E-state index contributed by atoms with van der Waals surface area (Å²) in [6.07, 6.45) is 7.82. The first-order valence-electron chi connectivity index (χ1n) is 12.9. The second kappa shape index (κ2) is 14.9. The Bertz CT molecular complexity index is 1470. The van der Waals surface area contributed by atoms with Crippen LogP contribution in [0.5, 0.6) is 17.6 Å². The lowest BCUT2D eigenvalue weighted by molar-refractivity contribution is 0.201. The first-order valence-corrected chi connectivity index (χ1v) is 15.6. The Balaban J connectivity index is 0.000000572. The molecular formula is C27H31ClN6O5S2. The predicted octanol–water partition coefficient (Wildman–Crippen LogP) is 5.30. The number of nitrogens with zero attached hydrogens (tertiary/aromatic N) is 4. The van der Waals surface area contributed by atoms with Crippen molar-refractivity contribution in [2.45, 2.75) is 38.6 Å². The summed E-state index contributed by atoms with van der Waals surface area (Å²) in [5.41, 5.74) is 1.00. The molecule has 2 N–H and O–H groups in total. The maximum absolute atomic E-state index is 12.8. The molecule has 0 radical (unpaired) electrons. The number of methoxy groups -OCH3 is 1. The number of hydrogen-bond donors (Lipinski definition) is 2. The molecule has 3 heterocycles. The topological polar surface area (TPSA) is 137 Å². The second-order valence-corrected chi connectivity index (χ2v) is 12.0. The van der Waals surface area contributed by atoms with Gasteiger partial charge in [0.1, 0.15) is 19.5 Å². The number of anilines is 1. The fraction of sp³-hybridized carbons (Fsp3) is 0.333. The van der Waals surface area contributed by atoms with E-state index in [1.54, 1.807) is 35.6 Å². The zero-order valence-electron chi connectivity index (χ0n) is 22.6. The largest absolute Gasteiger partial charge is 0.494 e. The van der Waals surface area contributed by atoms with E-state index in [-0.39, 0.29) is 37.0 Å². The minimum absolute atomic E-state index is 0.0854.